The number of aliphatic imine (C=N–C) groups is 1. The Labute approximate surface area is 177 Å². The third-order valence-electron chi connectivity index (χ3n) is 5.11. The van der Waals surface area contributed by atoms with Gasteiger partial charge in [-0.05, 0) is 42.5 Å². The van der Waals surface area contributed by atoms with Gasteiger partial charge in [-0.1, -0.05) is 17.7 Å². The van der Waals surface area contributed by atoms with Crippen molar-refractivity contribution in [1.29, 1.82) is 0 Å². The van der Waals surface area contributed by atoms with Crippen LogP contribution in [0.5, 0.6) is 0 Å². The Balaban J connectivity index is 1.67. The second kappa shape index (κ2) is 6.88. The van der Waals surface area contributed by atoms with Crippen LogP contribution < -0.4 is 0 Å². The zero-order valence-corrected chi connectivity index (χ0v) is 16.2. The molecule has 1 aliphatic heterocycles. The summed E-state index contributed by atoms with van der Waals surface area (Å²) in [6.45, 7) is 0. The molecule has 1 N–H and O–H groups in total. The average Bonchev–Trinajstić information content (AvgIpc) is 3.32. The summed E-state index contributed by atoms with van der Waals surface area (Å²) in [5.41, 5.74) is 1.62. The molecule has 3 nitrogen and oxygen atoms in total. The van der Waals surface area contributed by atoms with Gasteiger partial charge in [0.25, 0.3) is 0 Å². The lowest BCUT2D eigenvalue weighted by Gasteiger charge is -2.13. The van der Waals surface area contributed by atoms with Crippen LogP contribution in [0.1, 0.15) is 28.3 Å². The zero-order chi connectivity index (χ0) is 21.9. The first kappa shape index (κ1) is 19.7. The highest BCUT2D eigenvalue weighted by Crippen LogP contribution is 2.41. The predicted molar refractivity (Wildman–Crippen MR) is 107 cm³/mol. The molecular formula is C22H11ClF5N3. The fourth-order valence-electron chi connectivity index (χ4n) is 3.73. The van der Waals surface area contributed by atoms with E-state index in [9.17, 15) is 22.0 Å². The normalized spacial score (nSPS) is 15.6. The molecule has 0 saturated carbocycles. The highest BCUT2D eigenvalue weighted by atomic mass is 35.5. The number of nitrogens with zero attached hydrogens (tertiary/aromatic N) is 2. The second-order valence-electron chi connectivity index (χ2n) is 7.12. The van der Waals surface area contributed by atoms with Gasteiger partial charge < -0.3 is 4.98 Å². The Bertz CT molecular complexity index is 1370. The molecule has 0 saturated heterocycles. The first-order chi connectivity index (χ1) is 14.7. The third-order valence-corrected chi connectivity index (χ3v) is 5.46. The minimum Gasteiger partial charge on any atom is -0.338 e. The molecule has 3 aromatic carbocycles. The third kappa shape index (κ3) is 3.37. The van der Waals surface area contributed by atoms with Gasteiger partial charge in [0.05, 0.1) is 16.6 Å². The van der Waals surface area contributed by atoms with Crippen molar-refractivity contribution >= 4 is 28.8 Å². The minimum atomic E-state index is -4.70. The van der Waals surface area contributed by atoms with Crippen LogP contribution in [0.15, 0.2) is 53.5 Å². The lowest BCUT2D eigenvalue weighted by molar-refractivity contribution is -0.137. The maximum absolute atomic E-state index is 13.9. The van der Waals surface area contributed by atoms with E-state index in [1.54, 1.807) is 18.3 Å². The summed E-state index contributed by atoms with van der Waals surface area (Å²) in [5, 5.41) is 0.323. The van der Waals surface area contributed by atoms with Crippen molar-refractivity contribution < 1.29 is 22.0 Å². The van der Waals surface area contributed by atoms with E-state index in [1.807, 2.05) is 0 Å². The number of halogens is 6. The van der Waals surface area contributed by atoms with Crippen molar-refractivity contribution in [2.75, 3.05) is 0 Å². The molecule has 0 radical (unpaired) electrons. The van der Waals surface area contributed by atoms with Gasteiger partial charge >= 0.3 is 6.18 Å². The summed E-state index contributed by atoms with van der Waals surface area (Å²) < 4.78 is 67.0. The fourth-order valence-corrected chi connectivity index (χ4v) is 3.95. The van der Waals surface area contributed by atoms with Crippen LogP contribution in [0.3, 0.4) is 0 Å². The highest BCUT2D eigenvalue weighted by molar-refractivity contribution is 6.31. The molecule has 1 aliphatic rings. The van der Waals surface area contributed by atoms with Crippen molar-refractivity contribution in [3.63, 3.8) is 0 Å². The maximum Gasteiger partial charge on any atom is 0.416 e. The van der Waals surface area contributed by atoms with E-state index in [-0.39, 0.29) is 11.4 Å². The summed E-state index contributed by atoms with van der Waals surface area (Å²) in [7, 11) is 0. The molecule has 5 rings (SSSR count). The number of imidazole rings is 1. The van der Waals surface area contributed by atoms with Crippen molar-refractivity contribution in [2.24, 2.45) is 4.99 Å². The van der Waals surface area contributed by atoms with Crippen molar-refractivity contribution in [3.05, 3.63) is 87.4 Å². The van der Waals surface area contributed by atoms with E-state index in [2.05, 4.69) is 15.0 Å². The number of alkyl halides is 3. The predicted octanol–water partition coefficient (Wildman–Crippen LogP) is 6.70. The number of nitrogens with one attached hydrogen (secondary N) is 1. The molecule has 0 aliphatic carbocycles. The molecule has 156 valence electrons. The van der Waals surface area contributed by atoms with E-state index in [0.29, 0.717) is 33.2 Å². The smallest absolute Gasteiger partial charge is 0.338 e. The summed E-state index contributed by atoms with van der Waals surface area (Å²) in [6, 6.07) is 9.04. The Kier molecular flexibility index (Phi) is 4.37. The van der Waals surface area contributed by atoms with Crippen LogP contribution in [-0.4, -0.2) is 16.2 Å². The number of H-pyrrole nitrogens is 1. The number of aromatic amines is 1. The van der Waals surface area contributed by atoms with Gasteiger partial charge in [-0.3, -0.25) is 4.99 Å². The van der Waals surface area contributed by atoms with E-state index < -0.39 is 29.4 Å². The van der Waals surface area contributed by atoms with Crippen molar-refractivity contribution in [3.8, 4) is 11.4 Å². The van der Waals surface area contributed by atoms with Gasteiger partial charge in [-0.2, -0.15) is 13.2 Å². The van der Waals surface area contributed by atoms with Gasteiger partial charge in [0.1, 0.15) is 23.5 Å². The largest absolute Gasteiger partial charge is 0.416 e. The number of fused-ring (bicyclic) bond motifs is 3. The minimum absolute atomic E-state index is 0.0449. The quantitative estimate of drug-likeness (QED) is 0.341. The van der Waals surface area contributed by atoms with E-state index in [4.69, 9.17) is 11.6 Å². The van der Waals surface area contributed by atoms with E-state index >= 15 is 0 Å². The van der Waals surface area contributed by atoms with Gasteiger partial charge in [0, 0.05) is 33.5 Å². The SMILES string of the molecule is Fc1cc(-c2nc3c4c(ccc3[nH]2)C=NC4c2cc(F)ccc2Cl)cc(C(F)(F)F)c1. The van der Waals surface area contributed by atoms with Gasteiger partial charge in [-0.25, -0.2) is 13.8 Å². The lowest BCUT2D eigenvalue weighted by Crippen LogP contribution is -2.05. The monoisotopic (exact) mass is 447 g/mol. The number of benzene rings is 3. The molecule has 9 heteroatoms. The summed E-state index contributed by atoms with van der Waals surface area (Å²) in [4.78, 5) is 11.8. The molecule has 0 amide bonds. The van der Waals surface area contributed by atoms with Crippen LogP contribution in [0.2, 0.25) is 5.02 Å². The Morgan fingerprint density at radius 2 is 1.74 bits per heavy atom. The number of hydrogen-bond donors (Lipinski definition) is 1. The van der Waals surface area contributed by atoms with Gasteiger partial charge in [0.15, 0.2) is 0 Å². The van der Waals surface area contributed by atoms with Crippen molar-refractivity contribution in [1.82, 2.24) is 9.97 Å². The molecule has 1 atom stereocenters. The Morgan fingerprint density at radius 3 is 2.52 bits per heavy atom. The Hall–Kier alpha value is -3.26. The fraction of sp³-hybridized carbons (Fsp3) is 0.0909. The van der Waals surface area contributed by atoms with Crippen LogP contribution in [0.25, 0.3) is 22.4 Å². The topological polar surface area (TPSA) is 41.0 Å². The first-order valence-corrected chi connectivity index (χ1v) is 9.47. The van der Waals surface area contributed by atoms with Crippen LogP contribution in [-0.2, 0) is 6.18 Å². The standard InChI is InChI=1S/C22H11ClF5N3/c23-16-3-2-13(24)8-15(16)19-18-10(9-29-19)1-4-17-20(18)31-21(30-17)11-5-12(22(26,27)28)7-14(25)6-11/h1-9,19H,(H,30,31). The number of aromatic nitrogens is 2. The molecule has 4 aromatic rings. The molecule has 0 spiro atoms. The highest BCUT2D eigenvalue weighted by Gasteiger charge is 2.32. The summed E-state index contributed by atoms with van der Waals surface area (Å²) in [5.74, 6) is -1.43. The number of rotatable bonds is 2. The molecular weight excluding hydrogens is 437 g/mol. The molecule has 31 heavy (non-hydrogen) atoms. The first-order valence-electron chi connectivity index (χ1n) is 9.09. The van der Waals surface area contributed by atoms with Crippen LogP contribution >= 0.6 is 11.6 Å². The lowest BCUT2D eigenvalue weighted by atomic mass is 9.96. The summed E-state index contributed by atoms with van der Waals surface area (Å²) >= 11 is 6.26. The van der Waals surface area contributed by atoms with E-state index in [1.165, 1.54) is 18.2 Å². The molecule has 1 unspecified atom stereocenters. The van der Waals surface area contributed by atoms with Crippen LogP contribution in [0.4, 0.5) is 22.0 Å². The second-order valence-corrected chi connectivity index (χ2v) is 7.53. The molecule has 2 heterocycles. The van der Waals surface area contributed by atoms with Crippen molar-refractivity contribution in [2.45, 2.75) is 12.2 Å². The summed E-state index contributed by atoms with van der Waals surface area (Å²) in [6.07, 6.45) is -3.09. The molecule has 1 aromatic heterocycles. The van der Waals surface area contributed by atoms with Gasteiger partial charge in [0.2, 0.25) is 0 Å². The molecule has 0 fully saturated rings. The maximum atomic E-state index is 13.9. The van der Waals surface area contributed by atoms with E-state index in [0.717, 1.165) is 17.7 Å². The number of hydrogen-bond acceptors (Lipinski definition) is 2. The Morgan fingerprint density at radius 1 is 0.935 bits per heavy atom. The molecule has 0 bridgehead atoms. The van der Waals surface area contributed by atoms with Crippen LogP contribution in [0, 0.1) is 11.6 Å². The average molecular weight is 448 g/mol. The zero-order valence-electron chi connectivity index (χ0n) is 15.4. The van der Waals surface area contributed by atoms with Gasteiger partial charge in [-0.15, -0.1) is 0 Å².